The van der Waals surface area contributed by atoms with E-state index in [0.717, 1.165) is 11.1 Å². The number of carbonyl (C=O) groups excluding carboxylic acids is 1. The van der Waals surface area contributed by atoms with Gasteiger partial charge in [-0.3, -0.25) is 4.79 Å². The summed E-state index contributed by atoms with van der Waals surface area (Å²) in [7, 11) is 0. The first-order valence-corrected chi connectivity index (χ1v) is 8.77. The standard InChI is InChI=1S/C24H20O2/c1-16-7-11-18(12-8-16)15-21-23(25)20-5-3-4-6-22(20)26-24(21)19-13-9-17(2)10-14-19/h3-15,24H,1-2H3/b21-15+. The summed E-state index contributed by atoms with van der Waals surface area (Å²) in [5.41, 5.74) is 5.64. The van der Waals surface area contributed by atoms with Crippen molar-refractivity contribution in [2.24, 2.45) is 0 Å². The van der Waals surface area contributed by atoms with Crippen LogP contribution < -0.4 is 4.74 Å². The normalized spacial score (nSPS) is 17.7. The van der Waals surface area contributed by atoms with Gasteiger partial charge >= 0.3 is 0 Å². The van der Waals surface area contributed by atoms with Crippen molar-refractivity contribution >= 4 is 11.9 Å². The first-order chi connectivity index (χ1) is 12.6. The van der Waals surface area contributed by atoms with Crippen LogP contribution in [0.2, 0.25) is 0 Å². The highest BCUT2D eigenvalue weighted by Gasteiger charge is 2.32. The van der Waals surface area contributed by atoms with Crippen molar-refractivity contribution in [1.29, 1.82) is 0 Å². The van der Waals surface area contributed by atoms with Gasteiger partial charge in [-0.2, -0.15) is 0 Å². The fraction of sp³-hybridized carbons (Fsp3) is 0.125. The van der Waals surface area contributed by atoms with Gasteiger partial charge in [0.1, 0.15) is 5.75 Å². The van der Waals surface area contributed by atoms with E-state index in [0.29, 0.717) is 16.9 Å². The van der Waals surface area contributed by atoms with Crippen molar-refractivity contribution in [3.8, 4) is 5.75 Å². The third-order valence-electron chi connectivity index (χ3n) is 4.70. The summed E-state index contributed by atoms with van der Waals surface area (Å²) in [4.78, 5) is 13.2. The van der Waals surface area contributed by atoms with Crippen molar-refractivity contribution < 1.29 is 9.53 Å². The van der Waals surface area contributed by atoms with Crippen LogP contribution in [0.25, 0.3) is 6.08 Å². The second kappa shape index (κ2) is 6.64. The summed E-state index contributed by atoms with van der Waals surface area (Å²) in [6, 6.07) is 23.8. The molecule has 0 spiro atoms. The van der Waals surface area contributed by atoms with Gasteiger partial charge in [0.15, 0.2) is 11.9 Å². The summed E-state index contributed by atoms with van der Waals surface area (Å²) in [5, 5.41) is 0. The molecule has 0 radical (unpaired) electrons. The molecule has 0 saturated carbocycles. The largest absolute Gasteiger partial charge is 0.480 e. The van der Waals surface area contributed by atoms with E-state index in [4.69, 9.17) is 4.74 Å². The quantitative estimate of drug-likeness (QED) is 0.559. The number of rotatable bonds is 2. The zero-order valence-corrected chi connectivity index (χ0v) is 14.9. The van der Waals surface area contributed by atoms with Gasteiger partial charge in [0.2, 0.25) is 0 Å². The van der Waals surface area contributed by atoms with Crippen LogP contribution in [0.1, 0.15) is 38.7 Å². The molecule has 1 atom stereocenters. The molecule has 1 unspecified atom stereocenters. The Morgan fingerprint density at radius 3 is 2.12 bits per heavy atom. The SMILES string of the molecule is Cc1ccc(/C=C2\C(=O)c3ccccc3OC2c2ccc(C)cc2)cc1. The monoisotopic (exact) mass is 340 g/mol. The number of ketones is 1. The summed E-state index contributed by atoms with van der Waals surface area (Å²) < 4.78 is 6.25. The van der Waals surface area contributed by atoms with Gasteiger partial charge in [-0.05, 0) is 43.2 Å². The molecule has 128 valence electrons. The first kappa shape index (κ1) is 16.3. The molecule has 0 aliphatic carbocycles. The predicted octanol–water partition coefficient (Wildman–Crippen LogP) is 5.70. The molecule has 1 aliphatic rings. The molecule has 0 fully saturated rings. The highest BCUT2D eigenvalue weighted by atomic mass is 16.5. The van der Waals surface area contributed by atoms with Crippen molar-refractivity contribution in [1.82, 2.24) is 0 Å². The number of benzene rings is 3. The molecule has 4 rings (SSSR count). The van der Waals surface area contributed by atoms with Gasteiger partial charge in [-0.25, -0.2) is 0 Å². The van der Waals surface area contributed by atoms with Crippen molar-refractivity contribution in [2.75, 3.05) is 0 Å². The molecule has 0 amide bonds. The van der Waals surface area contributed by atoms with Gasteiger partial charge in [0.05, 0.1) is 5.56 Å². The predicted molar refractivity (Wildman–Crippen MR) is 104 cm³/mol. The lowest BCUT2D eigenvalue weighted by atomic mass is 9.89. The third-order valence-corrected chi connectivity index (χ3v) is 4.70. The minimum atomic E-state index is -0.403. The number of hydrogen-bond donors (Lipinski definition) is 0. The Kier molecular flexibility index (Phi) is 4.18. The Balaban J connectivity index is 1.84. The molecule has 0 aromatic heterocycles. The van der Waals surface area contributed by atoms with Crippen LogP contribution in [0.15, 0.2) is 78.4 Å². The van der Waals surface area contributed by atoms with Crippen LogP contribution in [0, 0.1) is 13.8 Å². The topological polar surface area (TPSA) is 26.3 Å². The van der Waals surface area contributed by atoms with Gasteiger partial charge in [-0.1, -0.05) is 71.8 Å². The van der Waals surface area contributed by atoms with Crippen LogP contribution in [0.4, 0.5) is 0 Å². The molecule has 0 bridgehead atoms. The summed E-state index contributed by atoms with van der Waals surface area (Å²) in [5.74, 6) is 0.669. The van der Waals surface area contributed by atoms with E-state index < -0.39 is 6.10 Å². The van der Waals surface area contributed by atoms with Crippen molar-refractivity contribution in [2.45, 2.75) is 20.0 Å². The molecular formula is C24H20O2. The highest BCUT2D eigenvalue weighted by molar-refractivity contribution is 6.14. The lowest BCUT2D eigenvalue weighted by molar-refractivity contribution is 0.0963. The second-order valence-corrected chi connectivity index (χ2v) is 6.74. The molecule has 3 aromatic carbocycles. The van der Waals surface area contributed by atoms with E-state index in [1.807, 2.05) is 66.7 Å². The van der Waals surface area contributed by atoms with Crippen molar-refractivity contribution in [3.63, 3.8) is 0 Å². The fourth-order valence-electron chi connectivity index (χ4n) is 3.19. The molecule has 2 heteroatoms. The number of carbonyl (C=O) groups is 1. The lowest BCUT2D eigenvalue weighted by Gasteiger charge is -2.28. The molecule has 1 heterocycles. The average molecular weight is 340 g/mol. The maximum absolute atomic E-state index is 13.2. The van der Waals surface area contributed by atoms with Gasteiger partial charge in [0.25, 0.3) is 0 Å². The molecule has 0 N–H and O–H groups in total. The smallest absolute Gasteiger partial charge is 0.196 e. The number of ether oxygens (including phenoxy) is 1. The second-order valence-electron chi connectivity index (χ2n) is 6.74. The Labute approximate surface area is 153 Å². The summed E-state index contributed by atoms with van der Waals surface area (Å²) >= 11 is 0. The van der Waals surface area contributed by atoms with Crippen LogP contribution in [0.5, 0.6) is 5.75 Å². The molecular weight excluding hydrogens is 320 g/mol. The summed E-state index contributed by atoms with van der Waals surface area (Å²) in [6.07, 6.45) is 1.54. The van der Waals surface area contributed by atoms with Crippen LogP contribution in [-0.2, 0) is 0 Å². The zero-order chi connectivity index (χ0) is 18.1. The highest BCUT2D eigenvalue weighted by Crippen LogP contribution is 2.39. The number of hydrogen-bond acceptors (Lipinski definition) is 2. The van der Waals surface area contributed by atoms with Crippen molar-refractivity contribution in [3.05, 3.63) is 106 Å². The van der Waals surface area contributed by atoms with E-state index in [9.17, 15) is 4.79 Å². The Bertz CT molecular complexity index is 979. The maximum Gasteiger partial charge on any atom is 0.196 e. The first-order valence-electron chi connectivity index (χ1n) is 8.77. The Morgan fingerprint density at radius 1 is 0.808 bits per heavy atom. The van der Waals surface area contributed by atoms with E-state index in [2.05, 4.69) is 26.0 Å². The van der Waals surface area contributed by atoms with E-state index >= 15 is 0 Å². The van der Waals surface area contributed by atoms with E-state index in [1.54, 1.807) is 0 Å². The number of aryl methyl sites for hydroxylation is 2. The van der Waals surface area contributed by atoms with E-state index in [-0.39, 0.29) is 5.78 Å². The zero-order valence-electron chi connectivity index (χ0n) is 14.9. The van der Waals surface area contributed by atoms with Gasteiger partial charge in [0, 0.05) is 5.57 Å². The fourth-order valence-corrected chi connectivity index (χ4v) is 3.19. The minimum absolute atomic E-state index is 0.0259. The van der Waals surface area contributed by atoms with Crippen LogP contribution in [-0.4, -0.2) is 5.78 Å². The van der Waals surface area contributed by atoms with Crippen LogP contribution >= 0.6 is 0 Å². The number of Topliss-reactive ketones (excluding diaryl/α,β-unsaturated/α-hetero) is 1. The Hall–Kier alpha value is -3.13. The van der Waals surface area contributed by atoms with Crippen LogP contribution in [0.3, 0.4) is 0 Å². The number of para-hydroxylation sites is 1. The molecule has 1 aliphatic heterocycles. The average Bonchev–Trinajstić information content (AvgIpc) is 2.66. The molecule has 26 heavy (non-hydrogen) atoms. The maximum atomic E-state index is 13.2. The molecule has 0 saturated heterocycles. The molecule has 3 aromatic rings. The number of fused-ring (bicyclic) bond motifs is 1. The van der Waals surface area contributed by atoms with Gasteiger partial charge < -0.3 is 4.74 Å². The summed E-state index contributed by atoms with van der Waals surface area (Å²) in [6.45, 7) is 4.10. The Morgan fingerprint density at radius 2 is 1.42 bits per heavy atom. The molecule has 2 nitrogen and oxygen atoms in total. The lowest BCUT2D eigenvalue weighted by Crippen LogP contribution is -2.23. The van der Waals surface area contributed by atoms with E-state index in [1.165, 1.54) is 11.1 Å². The third kappa shape index (κ3) is 3.06. The minimum Gasteiger partial charge on any atom is -0.480 e. The van der Waals surface area contributed by atoms with Gasteiger partial charge in [-0.15, -0.1) is 0 Å².